The lowest BCUT2D eigenvalue weighted by Gasteiger charge is -2.08. The monoisotopic (exact) mass is 384 g/mol. The summed E-state index contributed by atoms with van der Waals surface area (Å²) in [5, 5.41) is 13.5. The average Bonchev–Trinajstić information content (AvgIpc) is 3.14. The lowest BCUT2D eigenvalue weighted by Crippen LogP contribution is -2.35. The predicted molar refractivity (Wildman–Crippen MR) is 90.3 cm³/mol. The normalized spacial score (nSPS) is 18.8. The number of sulfone groups is 1. The first-order valence-electron chi connectivity index (χ1n) is 7.30. The smallest absolute Gasteiger partial charge is 0.287 e. The van der Waals surface area contributed by atoms with Crippen LogP contribution in [-0.4, -0.2) is 36.8 Å². The Hall–Kier alpha value is -2.39. The molecule has 0 spiro atoms. The molecule has 1 aromatic heterocycles. The van der Waals surface area contributed by atoms with E-state index in [1.54, 1.807) is 0 Å². The molecule has 0 saturated carbocycles. The zero-order chi connectivity index (χ0) is 18.2. The summed E-state index contributed by atoms with van der Waals surface area (Å²) >= 11 is 6.03. The summed E-state index contributed by atoms with van der Waals surface area (Å²) in [5.41, 5.74) is 0.260. The van der Waals surface area contributed by atoms with E-state index in [9.17, 15) is 23.3 Å². The first kappa shape index (κ1) is 17.4. The molecule has 2 heterocycles. The third-order valence-electron chi connectivity index (χ3n) is 3.83. The van der Waals surface area contributed by atoms with Gasteiger partial charge in [-0.25, -0.2) is 8.42 Å². The van der Waals surface area contributed by atoms with Crippen molar-refractivity contribution in [3.05, 3.63) is 51.2 Å². The van der Waals surface area contributed by atoms with Crippen molar-refractivity contribution in [1.29, 1.82) is 0 Å². The van der Waals surface area contributed by atoms with Gasteiger partial charge in [-0.15, -0.1) is 0 Å². The van der Waals surface area contributed by atoms with Crippen LogP contribution in [-0.2, 0) is 9.84 Å². The van der Waals surface area contributed by atoms with E-state index in [1.807, 2.05) is 0 Å². The van der Waals surface area contributed by atoms with Gasteiger partial charge in [-0.1, -0.05) is 11.6 Å². The van der Waals surface area contributed by atoms with Crippen LogP contribution in [0, 0.1) is 10.1 Å². The van der Waals surface area contributed by atoms with Crippen LogP contribution < -0.4 is 5.32 Å². The van der Waals surface area contributed by atoms with Crippen molar-refractivity contribution in [3.63, 3.8) is 0 Å². The van der Waals surface area contributed by atoms with E-state index < -0.39 is 26.7 Å². The Morgan fingerprint density at radius 2 is 2.08 bits per heavy atom. The van der Waals surface area contributed by atoms with Gasteiger partial charge < -0.3 is 9.73 Å². The fourth-order valence-electron chi connectivity index (χ4n) is 2.59. The maximum absolute atomic E-state index is 12.2. The largest absolute Gasteiger partial charge is 0.451 e. The van der Waals surface area contributed by atoms with Crippen LogP contribution >= 0.6 is 11.6 Å². The number of nitrogens with zero attached hydrogens (tertiary/aromatic N) is 1. The molecule has 25 heavy (non-hydrogen) atoms. The summed E-state index contributed by atoms with van der Waals surface area (Å²) in [4.78, 5) is 22.3. The fourth-order valence-corrected chi connectivity index (χ4v) is 4.53. The van der Waals surface area contributed by atoms with Crippen molar-refractivity contribution in [1.82, 2.24) is 5.32 Å². The van der Waals surface area contributed by atoms with Gasteiger partial charge in [-0.2, -0.15) is 0 Å². The van der Waals surface area contributed by atoms with Gasteiger partial charge in [0.1, 0.15) is 5.76 Å². The van der Waals surface area contributed by atoms with Crippen LogP contribution in [0.3, 0.4) is 0 Å². The summed E-state index contributed by atoms with van der Waals surface area (Å²) in [6.07, 6.45) is 0.371. The number of carbonyl (C=O) groups is 1. The number of nitrogens with one attached hydrogen (secondary N) is 1. The second-order valence-electron chi connectivity index (χ2n) is 5.66. The summed E-state index contributed by atoms with van der Waals surface area (Å²) in [7, 11) is -3.10. The molecule has 1 N–H and O–H groups in total. The number of carbonyl (C=O) groups excluding carboxylic acids is 1. The molecule has 0 aliphatic carbocycles. The first-order chi connectivity index (χ1) is 11.7. The van der Waals surface area contributed by atoms with E-state index in [2.05, 4.69) is 5.32 Å². The lowest BCUT2D eigenvalue weighted by molar-refractivity contribution is -0.384. The third kappa shape index (κ3) is 3.83. The maximum atomic E-state index is 12.2. The Labute approximate surface area is 147 Å². The first-order valence-corrected chi connectivity index (χ1v) is 9.50. The highest BCUT2D eigenvalue weighted by Gasteiger charge is 2.29. The quantitative estimate of drug-likeness (QED) is 0.638. The van der Waals surface area contributed by atoms with E-state index in [0.29, 0.717) is 12.0 Å². The molecule has 0 radical (unpaired) electrons. The van der Waals surface area contributed by atoms with Crippen molar-refractivity contribution < 1.29 is 22.6 Å². The Morgan fingerprint density at radius 3 is 2.68 bits per heavy atom. The minimum Gasteiger partial charge on any atom is -0.451 e. The number of furan rings is 1. The minimum absolute atomic E-state index is 0.00807. The topological polar surface area (TPSA) is 120 Å². The molecule has 1 saturated heterocycles. The number of hydrogen-bond acceptors (Lipinski definition) is 6. The molecular formula is C15H13ClN2O6S. The number of nitro groups is 1. The van der Waals surface area contributed by atoms with Crippen LogP contribution in [0.2, 0.25) is 5.02 Å². The minimum atomic E-state index is -3.10. The molecule has 1 atom stereocenters. The standard InChI is InChI=1S/C15H13ClN2O6S/c16-12-7-10(18(20)21)1-2-11(12)13-3-4-14(24-13)15(19)17-9-5-6-25(22,23)8-9/h1-4,7,9H,5-6,8H2,(H,17,19). The number of rotatable bonds is 4. The fraction of sp³-hybridized carbons (Fsp3) is 0.267. The summed E-state index contributed by atoms with van der Waals surface area (Å²) in [6.45, 7) is 0. The summed E-state index contributed by atoms with van der Waals surface area (Å²) in [6, 6.07) is 6.44. The number of benzene rings is 1. The number of halogens is 1. The zero-order valence-electron chi connectivity index (χ0n) is 12.8. The third-order valence-corrected chi connectivity index (χ3v) is 5.91. The van der Waals surface area contributed by atoms with Crippen molar-refractivity contribution in [2.24, 2.45) is 0 Å². The molecule has 8 nitrogen and oxygen atoms in total. The highest BCUT2D eigenvalue weighted by atomic mass is 35.5. The Morgan fingerprint density at radius 1 is 1.32 bits per heavy atom. The van der Waals surface area contributed by atoms with E-state index in [-0.39, 0.29) is 33.7 Å². The van der Waals surface area contributed by atoms with Gasteiger partial charge in [-0.3, -0.25) is 14.9 Å². The highest BCUT2D eigenvalue weighted by Crippen LogP contribution is 2.32. The summed E-state index contributed by atoms with van der Waals surface area (Å²) in [5.74, 6) is -0.260. The van der Waals surface area contributed by atoms with Crippen LogP contribution in [0.25, 0.3) is 11.3 Å². The molecule has 10 heteroatoms. The molecule has 1 fully saturated rings. The highest BCUT2D eigenvalue weighted by molar-refractivity contribution is 7.91. The molecule has 0 bridgehead atoms. The zero-order valence-corrected chi connectivity index (χ0v) is 14.3. The van der Waals surface area contributed by atoms with Gasteiger partial charge in [0.25, 0.3) is 11.6 Å². The molecule has 2 aromatic rings. The van der Waals surface area contributed by atoms with Gasteiger partial charge in [0.2, 0.25) is 0 Å². The molecule has 1 amide bonds. The van der Waals surface area contributed by atoms with E-state index in [4.69, 9.17) is 16.0 Å². The molecular weight excluding hydrogens is 372 g/mol. The lowest BCUT2D eigenvalue weighted by atomic mass is 10.1. The summed E-state index contributed by atoms with van der Waals surface area (Å²) < 4.78 is 28.3. The Bertz CT molecular complexity index is 953. The second kappa shape index (κ2) is 6.49. The molecule has 132 valence electrons. The van der Waals surface area contributed by atoms with Crippen molar-refractivity contribution >= 4 is 33.0 Å². The van der Waals surface area contributed by atoms with Gasteiger partial charge in [0.15, 0.2) is 15.6 Å². The maximum Gasteiger partial charge on any atom is 0.287 e. The van der Waals surface area contributed by atoms with Gasteiger partial charge >= 0.3 is 0 Å². The van der Waals surface area contributed by atoms with Crippen molar-refractivity contribution in [2.75, 3.05) is 11.5 Å². The van der Waals surface area contributed by atoms with Crippen molar-refractivity contribution in [3.8, 4) is 11.3 Å². The van der Waals surface area contributed by atoms with Gasteiger partial charge in [-0.05, 0) is 24.6 Å². The SMILES string of the molecule is O=C(NC1CCS(=O)(=O)C1)c1ccc(-c2ccc([N+](=O)[O-])cc2Cl)o1. The predicted octanol–water partition coefficient (Wildman–Crippen LogP) is 2.43. The second-order valence-corrected chi connectivity index (χ2v) is 8.29. The Balaban J connectivity index is 1.76. The van der Waals surface area contributed by atoms with E-state index in [1.165, 1.54) is 30.3 Å². The molecule has 1 aliphatic heterocycles. The van der Waals surface area contributed by atoms with Gasteiger partial charge in [0, 0.05) is 23.7 Å². The van der Waals surface area contributed by atoms with Gasteiger partial charge in [0.05, 0.1) is 21.5 Å². The molecule has 3 rings (SSSR count). The molecule has 1 aromatic carbocycles. The van der Waals surface area contributed by atoms with Crippen LogP contribution in [0.4, 0.5) is 5.69 Å². The van der Waals surface area contributed by atoms with Crippen molar-refractivity contribution in [2.45, 2.75) is 12.5 Å². The Kier molecular flexibility index (Phi) is 4.53. The number of nitro benzene ring substituents is 1. The average molecular weight is 385 g/mol. The molecule has 1 aliphatic rings. The number of non-ortho nitro benzene ring substituents is 1. The van der Waals surface area contributed by atoms with Crippen LogP contribution in [0.5, 0.6) is 0 Å². The van der Waals surface area contributed by atoms with E-state index in [0.717, 1.165) is 0 Å². The molecule has 1 unspecified atom stereocenters. The van der Waals surface area contributed by atoms with Crippen LogP contribution in [0.15, 0.2) is 34.7 Å². The van der Waals surface area contributed by atoms with Crippen LogP contribution in [0.1, 0.15) is 17.0 Å². The van der Waals surface area contributed by atoms with E-state index >= 15 is 0 Å². The number of hydrogen-bond donors (Lipinski definition) is 1. The number of amides is 1.